The number of carbonyl (C=O) groups is 2. The Kier molecular flexibility index (Phi) is 7.49. The summed E-state index contributed by atoms with van der Waals surface area (Å²) in [4.78, 5) is 24.2. The molecule has 27 heavy (non-hydrogen) atoms. The minimum absolute atomic E-state index is 0.121. The maximum atomic E-state index is 12.2. The zero-order valence-corrected chi connectivity index (χ0v) is 15.7. The molecule has 2 aromatic carbocycles. The highest BCUT2D eigenvalue weighted by Crippen LogP contribution is 2.22. The van der Waals surface area contributed by atoms with Gasteiger partial charge in [-0.15, -0.1) is 0 Å². The predicted molar refractivity (Wildman–Crippen MR) is 102 cm³/mol. The number of ether oxygens (including phenoxy) is 3. The van der Waals surface area contributed by atoms with E-state index >= 15 is 0 Å². The molecule has 2 rings (SSSR count). The van der Waals surface area contributed by atoms with E-state index < -0.39 is 0 Å². The van der Waals surface area contributed by atoms with E-state index in [9.17, 15) is 9.59 Å². The molecule has 0 saturated carbocycles. The summed E-state index contributed by atoms with van der Waals surface area (Å²) in [6, 6.07) is 12.5. The Morgan fingerprint density at radius 3 is 2.19 bits per heavy atom. The Hall–Kier alpha value is -3.22. The van der Waals surface area contributed by atoms with Gasteiger partial charge in [0.25, 0.3) is 5.91 Å². The van der Waals surface area contributed by atoms with E-state index in [4.69, 9.17) is 14.2 Å². The zero-order chi connectivity index (χ0) is 19.6. The molecule has 2 aromatic rings. The molecule has 0 radical (unpaired) electrons. The largest absolute Gasteiger partial charge is 0.497 e. The second kappa shape index (κ2) is 10.1. The van der Waals surface area contributed by atoms with Crippen molar-refractivity contribution in [3.8, 4) is 17.2 Å². The van der Waals surface area contributed by atoms with Crippen LogP contribution >= 0.6 is 0 Å². The van der Waals surface area contributed by atoms with Gasteiger partial charge in [-0.3, -0.25) is 9.59 Å². The van der Waals surface area contributed by atoms with Gasteiger partial charge in [0.15, 0.2) is 0 Å². The van der Waals surface area contributed by atoms with Crippen molar-refractivity contribution in [3.63, 3.8) is 0 Å². The monoisotopic (exact) mass is 372 g/mol. The van der Waals surface area contributed by atoms with Gasteiger partial charge in [-0.2, -0.15) is 0 Å². The SMILES string of the molecule is COc1cc(OC)cc(C(=O)NCC(=O)NCCc2ccccc2OC)c1. The Bertz CT molecular complexity index is 769. The molecule has 2 amide bonds. The quantitative estimate of drug-likeness (QED) is 0.701. The van der Waals surface area contributed by atoms with E-state index in [-0.39, 0.29) is 18.4 Å². The standard InChI is InChI=1S/C20H24N2O5/c1-25-16-10-15(11-17(12-16)26-2)20(24)22-13-19(23)21-9-8-14-6-4-5-7-18(14)27-3/h4-7,10-12H,8-9,13H2,1-3H3,(H,21,23)(H,22,24). The maximum Gasteiger partial charge on any atom is 0.251 e. The van der Waals surface area contributed by atoms with Crippen molar-refractivity contribution in [2.45, 2.75) is 6.42 Å². The highest BCUT2D eigenvalue weighted by molar-refractivity contribution is 5.97. The first-order valence-corrected chi connectivity index (χ1v) is 8.47. The lowest BCUT2D eigenvalue weighted by atomic mass is 10.1. The average Bonchev–Trinajstić information content (AvgIpc) is 2.71. The fraction of sp³-hybridized carbons (Fsp3) is 0.300. The molecule has 0 aliphatic carbocycles. The third-order valence-electron chi connectivity index (χ3n) is 3.93. The number of hydrogen-bond donors (Lipinski definition) is 2. The Balaban J connectivity index is 1.82. The molecular weight excluding hydrogens is 348 g/mol. The number of carbonyl (C=O) groups excluding carboxylic acids is 2. The first-order valence-electron chi connectivity index (χ1n) is 8.47. The Labute approximate surface area is 158 Å². The molecule has 0 spiro atoms. The molecule has 7 nitrogen and oxygen atoms in total. The van der Waals surface area contributed by atoms with Crippen LogP contribution in [0, 0.1) is 0 Å². The Morgan fingerprint density at radius 1 is 0.889 bits per heavy atom. The van der Waals surface area contributed by atoms with Crippen molar-refractivity contribution in [3.05, 3.63) is 53.6 Å². The number of hydrogen-bond acceptors (Lipinski definition) is 5. The van der Waals surface area contributed by atoms with Crippen molar-refractivity contribution in [2.75, 3.05) is 34.4 Å². The topological polar surface area (TPSA) is 85.9 Å². The molecule has 2 N–H and O–H groups in total. The summed E-state index contributed by atoms with van der Waals surface area (Å²) < 4.78 is 15.6. The smallest absolute Gasteiger partial charge is 0.251 e. The van der Waals surface area contributed by atoms with Crippen LogP contribution in [0.2, 0.25) is 0 Å². The van der Waals surface area contributed by atoms with E-state index in [0.29, 0.717) is 30.0 Å². The van der Waals surface area contributed by atoms with Crippen LogP contribution in [0.3, 0.4) is 0 Å². The van der Waals surface area contributed by atoms with Gasteiger partial charge in [0, 0.05) is 18.2 Å². The molecule has 0 aromatic heterocycles. The van der Waals surface area contributed by atoms with E-state index in [0.717, 1.165) is 11.3 Å². The summed E-state index contributed by atoms with van der Waals surface area (Å²) in [5.41, 5.74) is 1.36. The molecule has 144 valence electrons. The number of para-hydroxylation sites is 1. The van der Waals surface area contributed by atoms with Gasteiger partial charge in [-0.05, 0) is 30.2 Å². The second-order valence-electron chi connectivity index (χ2n) is 5.70. The summed E-state index contributed by atoms with van der Waals surface area (Å²) in [7, 11) is 4.62. The fourth-order valence-electron chi connectivity index (χ4n) is 2.51. The highest BCUT2D eigenvalue weighted by atomic mass is 16.5. The lowest BCUT2D eigenvalue weighted by Crippen LogP contribution is -2.37. The second-order valence-corrected chi connectivity index (χ2v) is 5.70. The van der Waals surface area contributed by atoms with Crippen molar-refractivity contribution < 1.29 is 23.8 Å². The fourth-order valence-corrected chi connectivity index (χ4v) is 2.51. The van der Waals surface area contributed by atoms with Gasteiger partial charge >= 0.3 is 0 Å². The lowest BCUT2D eigenvalue weighted by molar-refractivity contribution is -0.120. The van der Waals surface area contributed by atoms with Gasteiger partial charge in [-0.1, -0.05) is 18.2 Å². The first-order chi connectivity index (χ1) is 13.1. The van der Waals surface area contributed by atoms with Gasteiger partial charge in [0.2, 0.25) is 5.91 Å². The van der Waals surface area contributed by atoms with Crippen molar-refractivity contribution >= 4 is 11.8 Å². The highest BCUT2D eigenvalue weighted by Gasteiger charge is 2.11. The average molecular weight is 372 g/mol. The van der Waals surface area contributed by atoms with Crippen LogP contribution in [0.4, 0.5) is 0 Å². The van der Waals surface area contributed by atoms with Crippen LogP contribution in [0.15, 0.2) is 42.5 Å². The van der Waals surface area contributed by atoms with Gasteiger partial charge in [0.05, 0.1) is 27.9 Å². The molecule has 0 aliphatic heterocycles. The molecule has 0 fully saturated rings. The van der Waals surface area contributed by atoms with Gasteiger partial charge in [-0.25, -0.2) is 0 Å². The molecule has 0 bridgehead atoms. The zero-order valence-electron chi connectivity index (χ0n) is 15.7. The van der Waals surface area contributed by atoms with E-state index in [1.165, 1.54) is 14.2 Å². The third-order valence-corrected chi connectivity index (χ3v) is 3.93. The summed E-state index contributed by atoms with van der Waals surface area (Å²) in [5, 5.41) is 5.36. The van der Waals surface area contributed by atoms with Crippen LogP contribution in [0.25, 0.3) is 0 Å². The first kappa shape index (κ1) is 20.1. The van der Waals surface area contributed by atoms with Gasteiger partial charge < -0.3 is 24.8 Å². The van der Waals surface area contributed by atoms with Gasteiger partial charge in [0.1, 0.15) is 17.2 Å². The normalized spacial score (nSPS) is 10.0. The molecule has 0 saturated heterocycles. The number of methoxy groups -OCH3 is 3. The Morgan fingerprint density at radius 2 is 1.56 bits per heavy atom. The minimum Gasteiger partial charge on any atom is -0.497 e. The van der Waals surface area contributed by atoms with Crippen LogP contribution in [-0.4, -0.2) is 46.2 Å². The molecule has 0 unspecified atom stereocenters. The molecule has 0 atom stereocenters. The minimum atomic E-state index is -0.382. The number of nitrogens with one attached hydrogen (secondary N) is 2. The van der Waals surface area contributed by atoms with E-state index in [1.807, 2.05) is 24.3 Å². The molecule has 0 aliphatic rings. The summed E-state index contributed by atoms with van der Waals surface area (Å²) in [5.74, 6) is 1.13. The number of rotatable bonds is 9. The number of amides is 2. The molecular formula is C20H24N2O5. The number of benzene rings is 2. The maximum absolute atomic E-state index is 12.2. The van der Waals surface area contributed by atoms with E-state index in [2.05, 4.69) is 10.6 Å². The van der Waals surface area contributed by atoms with Crippen molar-refractivity contribution in [2.24, 2.45) is 0 Å². The van der Waals surface area contributed by atoms with Crippen LogP contribution in [0.5, 0.6) is 17.2 Å². The summed E-state index contributed by atoms with van der Waals surface area (Å²) in [6.45, 7) is 0.326. The predicted octanol–water partition coefficient (Wildman–Crippen LogP) is 1.80. The van der Waals surface area contributed by atoms with E-state index in [1.54, 1.807) is 25.3 Å². The molecule has 0 heterocycles. The van der Waals surface area contributed by atoms with Crippen molar-refractivity contribution in [1.29, 1.82) is 0 Å². The lowest BCUT2D eigenvalue weighted by Gasteiger charge is -2.10. The van der Waals surface area contributed by atoms with Crippen molar-refractivity contribution in [1.82, 2.24) is 10.6 Å². The van der Waals surface area contributed by atoms with Crippen LogP contribution < -0.4 is 24.8 Å². The van der Waals surface area contributed by atoms with Crippen LogP contribution in [0.1, 0.15) is 15.9 Å². The third kappa shape index (κ3) is 5.91. The summed E-state index contributed by atoms with van der Waals surface area (Å²) in [6.07, 6.45) is 0.636. The summed E-state index contributed by atoms with van der Waals surface area (Å²) >= 11 is 0. The van der Waals surface area contributed by atoms with Crippen LogP contribution in [-0.2, 0) is 11.2 Å². The molecule has 7 heteroatoms.